The van der Waals surface area contributed by atoms with Crippen LogP contribution in [-0.4, -0.2) is 30.6 Å². The van der Waals surface area contributed by atoms with Crippen LogP contribution in [0.15, 0.2) is 11.4 Å². The summed E-state index contributed by atoms with van der Waals surface area (Å²) in [4.78, 5) is 4.32. The van der Waals surface area contributed by atoms with Crippen molar-refractivity contribution in [1.82, 2.24) is 10.2 Å². The topological polar surface area (TPSA) is 15.3 Å². The molecule has 3 rings (SSSR count). The Kier molecular flexibility index (Phi) is 2.77. The SMILES string of the molecule is c1cc2c(s1)CCN(C1CCNCC1)C2. The molecule has 0 saturated carbocycles. The maximum atomic E-state index is 3.44. The highest BCUT2D eigenvalue weighted by Gasteiger charge is 2.24. The molecule has 1 fully saturated rings. The van der Waals surface area contributed by atoms with Gasteiger partial charge in [0, 0.05) is 24.0 Å². The van der Waals surface area contributed by atoms with Gasteiger partial charge in [0.25, 0.3) is 0 Å². The third kappa shape index (κ3) is 1.96. The lowest BCUT2D eigenvalue weighted by atomic mass is 10.0. The van der Waals surface area contributed by atoms with Crippen molar-refractivity contribution in [1.29, 1.82) is 0 Å². The molecule has 2 aliphatic heterocycles. The Bertz CT molecular complexity index is 328. The zero-order valence-corrected chi connectivity index (χ0v) is 9.85. The first-order chi connectivity index (χ1) is 7.43. The molecule has 0 radical (unpaired) electrons. The third-order valence-corrected chi connectivity index (χ3v) is 4.69. The highest BCUT2D eigenvalue weighted by atomic mass is 32.1. The molecular weight excluding hydrogens is 204 g/mol. The van der Waals surface area contributed by atoms with E-state index < -0.39 is 0 Å². The molecule has 2 aliphatic rings. The quantitative estimate of drug-likeness (QED) is 0.780. The van der Waals surface area contributed by atoms with Gasteiger partial charge >= 0.3 is 0 Å². The zero-order chi connectivity index (χ0) is 10.1. The summed E-state index contributed by atoms with van der Waals surface area (Å²) in [7, 11) is 0. The van der Waals surface area contributed by atoms with E-state index in [1.165, 1.54) is 45.4 Å². The maximum Gasteiger partial charge on any atom is 0.0247 e. The van der Waals surface area contributed by atoms with Crippen molar-refractivity contribution in [2.24, 2.45) is 0 Å². The molecule has 3 heterocycles. The molecule has 1 N–H and O–H groups in total. The van der Waals surface area contributed by atoms with Gasteiger partial charge in [-0.3, -0.25) is 4.90 Å². The van der Waals surface area contributed by atoms with Crippen LogP contribution in [0.2, 0.25) is 0 Å². The van der Waals surface area contributed by atoms with Gasteiger partial charge < -0.3 is 5.32 Å². The fraction of sp³-hybridized carbons (Fsp3) is 0.667. The number of hydrogen-bond donors (Lipinski definition) is 1. The monoisotopic (exact) mass is 222 g/mol. The Morgan fingerprint density at radius 2 is 2.20 bits per heavy atom. The molecule has 1 aromatic rings. The van der Waals surface area contributed by atoms with Crippen LogP contribution in [0.4, 0.5) is 0 Å². The fourth-order valence-electron chi connectivity index (χ4n) is 2.75. The molecule has 0 atom stereocenters. The smallest absolute Gasteiger partial charge is 0.0247 e. The predicted octanol–water partition coefficient (Wildman–Crippen LogP) is 1.86. The van der Waals surface area contributed by atoms with Crippen LogP contribution in [0.3, 0.4) is 0 Å². The van der Waals surface area contributed by atoms with Crippen LogP contribution in [0.25, 0.3) is 0 Å². The maximum absolute atomic E-state index is 3.44. The van der Waals surface area contributed by atoms with Crippen LogP contribution < -0.4 is 5.32 Å². The van der Waals surface area contributed by atoms with Gasteiger partial charge in [0.1, 0.15) is 0 Å². The molecule has 1 saturated heterocycles. The minimum absolute atomic E-state index is 0.833. The number of fused-ring (bicyclic) bond motifs is 1. The predicted molar refractivity (Wildman–Crippen MR) is 64.3 cm³/mol. The molecule has 3 heteroatoms. The molecule has 2 nitrogen and oxygen atoms in total. The first-order valence-corrected chi connectivity index (χ1v) is 6.81. The first kappa shape index (κ1) is 9.82. The number of piperidine rings is 1. The second-order valence-corrected chi connectivity index (χ2v) is 5.57. The van der Waals surface area contributed by atoms with Crippen LogP contribution in [0, 0.1) is 0 Å². The van der Waals surface area contributed by atoms with Crippen molar-refractivity contribution in [3.05, 3.63) is 21.9 Å². The number of hydrogen-bond acceptors (Lipinski definition) is 3. The van der Waals surface area contributed by atoms with E-state index in [2.05, 4.69) is 21.7 Å². The van der Waals surface area contributed by atoms with Crippen molar-refractivity contribution in [3.63, 3.8) is 0 Å². The lowest BCUT2D eigenvalue weighted by Gasteiger charge is -2.36. The summed E-state index contributed by atoms with van der Waals surface area (Å²) in [6.07, 6.45) is 3.94. The van der Waals surface area contributed by atoms with E-state index in [0.717, 1.165) is 6.04 Å². The second-order valence-electron chi connectivity index (χ2n) is 4.57. The number of rotatable bonds is 1. The third-order valence-electron chi connectivity index (χ3n) is 3.66. The Labute approximate surface area is 95.3 Å². The van der Waals surface area contributed by atoms with Crippen LogP contribution >= 0.6 is 11.3 Å². The Balaban J connectivity index is 1.69. The van der Waals surface area contributed by atoms with Gasteiger partial charge in [-0.2, -0.15) is 0 Å². The average Bonchev–Trinajstić information content (AvgIpc) is 2.77. The molecule has 15 heavy (non-hydrogen) atoms. The highest BCUT2D eigenvalue weighted by molar-refractivity contribution is 7.10. The summed E-state index contributed by atoms with van der Waals surface area (Å²) in [6.45, 7) is 4.89. The fourth-order valence-corrected chi connectivity index (χ4v) is 3.64. The largest absolute Gasteiger partial charge is 0.317 e. The molecule has 0 amide bonds. The van der Waals surface area contributed by atoms with Crippen molar-refractivity contribution in [3.8, 4) is 0 Å². The van der Waals surface area contributed by atoms with Crippen molar-refractivity contribution < 1.29 is 0 Å². The van der Waals surface area contributed by atoms with Crippen molar-refractivity contribution in [2.45, 2.75) is 31.8 Å². The zero-order valence-electron chi connectivity index (χ0n) is 9.04. The van der Waals surface area contributed by atoms with E-state index in [9.17, 15) is 0 Å². The summed E-state index contributed by atoms with van der Waals surface area (Å²) in [6, 6.07) is 3.15. The summed E-state index contributed by atoms with van der Waals surface area (Å²) < 4.78 is 0. The van der Waals surface area contributed by atoms with E-state index in [1.807, 2.05) is 11.3 Å². The average molecular weight is 222 g/mol. The van der Waals surface area contributed by atoms with Crippen molar-refractivity contribution >= 4 is 11.3 Å². The van der Waals surface area contributed by atoms with Gasteiger partial charge in [-0.25, -0.2) is 0 Å². The van der Waals surface area contributed by atoms with Gasteiger partial charge in [0.15, 0.2) is 0 Å². The van der Waals surface area contributed by atoms with Crippen LogP contribution in [-0.2, 0) is 13.0 Å². The van der Waals surface area contributed by atoms with E-state index in [0.29, 0.717) is 0 Å². The number of nitrogens with one attached hydrogen (secondary N) is 1. The van der Waals surface area contributed by atoms with Crippen LogP contribution in [0.1, 0.15) is 23.3 Å². The lowest BCUT2D eigenvalue weighted by Crippen LogP contribution is -2.44. The Morgan fingerprint density at radius 3 is 3.07 bits per heavy atom. The molecule has 0 bridgehead atoms. The minimum Gasteiger partial charge on any atom is -0.317 e. The number of nitrogens with zero attached hydrogens (tertiary/aromatic N) is 1. The molecule has 0 spiro atoms. The first-order valence-electron chi connectivity index (χ1n) is 5.93. The van der Waals surface area contributed by atoms with Crippen molar-refractivity contribution in [2.75, 3.05) is 19.6 Å². The summed E-state index contributed by atoms with van der Waals surface area (Å²) in [5, 5.41) is 5.69. The van der Waals surface area contributed by atoms with E-state index in [-0.39, 0.29) is 0 Å². The highest BCUT2D eigenvalue weighted by Crippen LogP contribution is 2.26. The molecule has 0 aliphatic carbocycles. The van der Waals surface area contributed by atoms with E-state index >= 15 is 0 Å². The number of thiophene rings is 1. The summed E-state index contributed by atoms with van der Waals surface area (Å²) in [5.41, 5.74) is 1.59. The summed E-state index contributed by atoms with van der Waals surface area (Å²) in [5.74, 6) is 0. The van der Waals surface area contributed by atoms with Gasteiger partial charge in [0.05, 0.1) is 0 Å². The van der Waals surface area contributed by atoms with Gasteiger partial charge in [-0.05, 0) is 49.4 Å². The van der Waals surface area contributed by atoms with Gasteiger partial charge in [-0.1, -0.05) is 0 Å². The van der Waals surface area contributed by atoms with Gasteiger partial charge in [0.2, 0.25) is 0 Å². The molecule has 1 aromatic heterocycles. The Hall–Kier alpha value is -0.380. The van der Waals surface area contributed by atoms with E-state index in [1.54, 1.807) is 10.4 Å². The van der Waals surface area contributed by atoms with Gasteiger partial charge in [-0.15, -0.1) is 11.3 Å². The molecule has 82 valence electrons. The lowest BCUT2D eigenvalue weighted by molar-refractivity contribution is 0.148. The summed E-state index contributed by atoms with van der Waals surface area (Å²) >= 11 is 1.94. The van der Waals surface area contributed by atoms with E-state index in [4.69, 9.17) is 0 Å². The molecule has 0 aromatic carbocycles. The standard InChI is InChI=1S/C12H18N2S/c1-5-13-6-2-11(1)14-7-3-12-10(9-14)4-8-15-12/h4,8,11,13H,1-3,5-7,9H2. The molecular formula is C12H18N2S. The minimum atomic E-state index is 0.833. The van der Waals surface area contributed by atoms with Crippen LogP contribution in [0.5, 0.6) is 0 Å². The molecule has 0 unspecified atom stereocenters. The second kappa shape index (κ2) is 4.24. The Morgan fingerprint density at radius 1 is 1.33 bits per heavy atom. The normalized spacial score (nSPS) is 24.0.